The van der Waals surface area contributed by atoms with Gasteiger partial charge in [0.2, 0.25) is 5.91 Å². The molecule has 0 radical (unpaired) electrons. The highest BCUT2D eigenvalue weighted by atomic mass is 79.9. The lowest BCUT2D eigenvalue weighted by Gasteiger charge is -2.13. The number of carbonyl (C=O) groups is 2. The Kier molecular flexibility index (Phi) is 5.62. The van der Waals surface area contributed by atoms with Crippen LogP contribution in [-0.4, -0.2) is 36.5 Å². The predicted octanol–water partition coefficient (Wildman–Crippen LogP) is 3.44. The first kappa shape index (κ1) is 19.1. The average Bonchev–Trinajstić information content (AvgIpc) is 3.23. The highest BCUT2D eigenvalue weighted by Crippen LogP contribution is 2.23. The first-order valence-electron chi connectivity index (χ1n) is 7.91. The number of benzene rings is 1. The van der Waals surface area contributed by atoms with E-state index in [0.717, 1.165) is 10.2 Å². The summed E-state index contributed by atoms with van der Waals surface area (Å²) in [5, 5.41) is 20.7. The molecule has 2 heterocycles. The van der Waals surface area contributed by atoms with Gasteiger partial charge in [-0.05, 0) is 40.5 Å². The van der Waals surface area contributed by atoms with Gasteiger partial charge in [0.15, 0.2) is 5.82 Å². The molecule has 8 nitrogen and oxygen atoms in total. The lowest BCUT2D eigenvalue weighted by molar-refractivity contribution is -0.119. The number of aromatic carboxylic acids is 1. The van der Waals surface area contributed by atoms with E-state index >= 15 is 0 Å². The van der Waals surface area contributed by atoms with E-state index in [1.807, 2.05) is 18.2 Å². The standard InChI is InChI=1S/C17H15BrClN5O3/c1-10(24-14(17(26)27)6-7-20-24)16(25)21-15-12(18)9-23(22-15)8-11-4-2-3-5-13(11)19/h2-7,9-10H,8H2,1H3,(H,26,27)(H,21,22,25). The Morgan fingerprint density at radius 3 is 2.78 bits per heavy atom. The van der Waals surface area contributed by atoms with E-state index in [-0.39, 0.29) is 5.69 Å². The molecule has 2 N–H and O–H groups in total. The van der Waals surface area contributed by atoms with Crippen LogP contribution >= 0.6 is 27.5 Å². The quantitative estimate of drug-likeness (QED) is 0.596. The van der Waals surface area contributed by atoms with Crippen LogP contribution in [0.4, 0.5) is 5.82 Å². The minimum Gasteiger partial charge on any atom is -0.477 e. The molecule has 0 saturated carbocycles. The fraction of sp³-hybridized carbons (Fsp3) is 0.176. The molecule has 0 spiro atoms. The van der Waals surface area contributed by atoms with Gasteiger partial charge in [-0.3, -0.25) is 9.48 Å². The second-order valence-electron chi connectivity index (χ2n) is 5.75. The first-order chi connectivity index (χ1) is 12.9. The van der Waals surface area contributed by atoms with Gasteiger partial charge in [-0.15, -0.1) is 0 Å². The zero-order valence-electron chi connectivity index (χ0n) is 14.1. The number of hydrogen-bond donors (Lipinski definition) is 2. The van der Waals surface area contributed by atoms with Crippen molar-refractivity contribution in [2.75, 3.05) is 5.32 Å². The van der Waals surface area contributed by atoms with E-state index in [1.54, 1.807) is 23.9 Å². The molecule has 0 bridgehead atoms. The highest BCUT2D eigenvalue weighted by molar-refractivity contribution is 9.10. The van der Waals surface area contributed by atoms with Gasteiger partial charge in [0.1, 0.15) is 11.7 Å². The van der Waals surface area contributed by atoms with E-state index in [9.17, 15) is 9.59 Å². The largest absolute Gasteiger partial charge is 0.477 e. The number of nitrogens with zero attached hydrogens (tertiary/aromatic N) is 4. The van der Waals surface area contributed by atoms with Gasteiger partial charge in [0.05, 0.1) is 11.0 Å². The van der Waals surface area contributed by atoms with Crippen molar-refractivity contribution in [3.63, 3.8) is 0 Å². The average molecular weight is 453 g/mol. The van der Waals surface area contributed by atoms with Crippen LogP contribution in [0.5, 0.6) is 0 Å². The SMILES string of the molecule is CC(C(=O)Nc1nn(Cc2ccccc2Cl)cc1Br)n1nccc1C(=O)O. The maximum absolute atomic E-state index is 12.5. The molecular weight excluding hydrogens is 438 g/mol. The lowest BCUT2D eigenvalue weighted by atomic mass is 10.2. The van der Waals surface area contributed by atoms with E-state index < -0.39 is 17.9 Å². The Morgan fingerprint density at radius 2 is 2.07 bits per heavy atom. The fourth-order valence-corrected chi connectivity index (χ4v) is 3.10. The van der Waals surface area contributed by atoms with Gasteiger partial charge in [0.25, 0.3) is 0 Å². The van der Waals surface area contributed by atoms with Crippen molar-refractivity contribution >= 4 is 45.2 Å². The van der Waals surface area contributed by atoms with Gasteiger partial charge in [-0.2, -0.15) is 10.2 Å². The van der Waals surface area contributed by atoms with Gasteiger partial charge in [-0.25, -0.2) is 9.48 Å². The third-order valence-corrected chi connectivity index (χ3v) is 4.83. The summed E-state index contributed by atoms with van der Waals surface area (Å²) >= 11 is 9.53. The Bertz CT molecular complexity index is 1000. The lowest BCUT2D eigenvalue weighted by Crippen LogP contribution is -2.27. The molecule has 0 saturated heterocycles. The van der Waals surface area contributed by atoms with Crippen molar-refractivity contribution in [2.24, 2.45) is 0 Å². The molecule has 140 valence electrons. The number of aromatic nitrogens is 4. The molecule has 1 aromatic carbocycles. The molecule has 0 aliphatic heterocycles. The summed E-state index contributed by atoms with van der Waals surface area (Å²) in [6, 6.07) is 7.92. The van der Waals surface area contributed by atoms with E-state index in [4.69, 9.17) is 16.7 Å². The number of hydrogen-bond acceptors (Lipinski definition) is 4. The maximum Gasteiger partial charge on any atom is 0.354 e. The second-order valence-corrected chi connectivity index (χ2v) is 7.01. The molecule has 1 unspecified atom stereocenters. The number of nitrogens with one attached hydrogen (secondary N) is 1. The zero-order chi connectivity index (χ0) is 19.6. The van der Waals surface area contributed by atoms with Crippen molar-refractivity contribution < 1.29 is 14.7 Å². The molecule has 2 aromatic heterocycles. The van der Waals surface area contributed by atoms with E-state index in [2.05, 4.69) is 31.4 Å². The van der Waals surface area contributed by atoms with Crippen molar-refractivity contribution in [3.05, 3.63) is 63.5 Å². The Hall–Kier alpha value is -2.65. The van der Waals surface area contributed by atoms with Crippen molar-refractivity contribution in [3.8, 4) is 0 Å². The number of carboxylic acids is 1. The van der Waals surface area contributed by atoms with E-state index in [1.165, 1.54) is 12.3 Å². The molecule has 27 heavy (non-hydrogen) atoms. The van der Waals surface area contributed by atoms with Crippen LogP contribution < -0.4 is 5.32 Å². The number of carbonyl (C=O) groups excluding carboxylic acids is 1. The van der Waals surface area contributed by atoms with Crippen molar-refractivity contribution in [2.45, 2.75) is 19.5 Å². The highest BCUT2D eigenvalue weighted by Gasteiger charge is 2.23. The van der Waals surface area contributed by atoms with Crippen LogP contribution in [0, 0.1) is 0 Å². The summed E-state index contributed by atoms with van der Waals surface area (Å²) in [6.45, 7) is 2.00. The van der Waals surface area contributed by atoms with Gasteiger partial charge >= 0.3 is 5.97 Å². The first-order valence-corrected chi connectivity index (χ1v) is 9.08. The third kappa shape index (κ3) is 4.20. The molecule has 3 aromatic rings. The molecule has 3 rings (SSSR count). The minimum absolute atomic E-state index is 0.0686. The van der Waals surface area contributed by atoms with Crippen LogP contribution in [0.3, 0.4) is 0 Å². The summed E-state index contributed by atoms with van der Waals surface area (Å²) in [6.07, 6.45) is 3.06. The van der Waals surface area contributed by atoms with Crippen LogP contribution in [0.25, 0.3) is 0 Å². The van der Waals surface area contributed by atoms with Crippen LogP contribution in [0.2, 0.25) is 5.02 Å². The van der Waals surface area contributed by atoms with Gasteiger partial charge in [-0.1, -0.05) is 29.8 Å². The molecule has 1 atom stereocenters. The van der Waals surface area contributed by atoms with E-state index in [0.29, 0.717) is 21.9 Å². The predicted molar refractivity (Wildman–Crippen MR) is 103 cm³/mol. The molecular formula is C17H15BrClN5O3. The number of halogens is 2. The number of amides is 1. The minimum atomic E-state index is -1.16. The molecule has 10 heteroatoms. The molecule has 0 aliphatic rings. The number of carboxylic acid groups (broad SMARTS) is 1. The van der Waals surface area contributed by atoms with Gasteiger partial charge < -0.3 is 10.4 Å². The number of rotatable bonds is 6. The summed E-state index contributed by atoms with van der Waals surface area (Å²) in [5.74, 6) is -1.27. The Balaban J connectivity index is 1.75. The summed E-state index contributed by atoms with van der Waals surface area (Å²) in [5.41, 5.74) is 0.823. The molecule has 0 fully saturated rings. The van der Waals surface area contributed by atoms with Crippen LogP contribution in [0.15, 0.2) is 47.2 Å². The molecule has 1 amide bonds. The smallest absolute Gasteiger partial charge is 0.354 e. The third-order valence-electron chi connectivity index (χ3n) is 3.88. The van der Waals surface area contributed by atoms with Gasteiger partial charge in [0, 0.05) is 17.4 Å². The fourth-order valence-electron chi connectivity index (χ4n) is 2.49. The Labute approximate surface area is 167 Å². The summed E-state index contributed by atoms with van der Waals surface area (Å²) in [4.78, 5) is 23.7. The monoisotopic (exact) mass is 451 g/mol. The topological polar surface area (TPSA) is 102 Å². The summed E-state index contributed by atoms with van der Waals surface area (Å²) in [7, 11) is 0. The maximum atomic E-state index is 12.5. The Morgan fingerprint density at radius 1 is 1.33 bits per heavy atom. The summed E-state index contributed by atoms with van der Waals surface area (Å²) < 4.78 is 3.38. The second kappa shape index (κ2) is 7.93. The normalized spacial score (nSPS) is 12.0. The number of anilines is 1. The van der Waals surface area contributed by atoms with Crippen LogP contribution in [-0.2, 0) is 11.3 Å². The van der Waals surface area contributed by atoms with Crippen LogP contribution in [0.1, 0.15) is 29.0 Å². The zero-order valence-corrected chi connectivity index (χ0v) is 16.5. The molecule has 0 aliphatic carbocycles. The van der Waals surface area contributed by atoms with Crippen molar-refractivity contribution in [1.82, 2.24) is 19.6 Å². The van der Waals surface area contributed by atoms with Crippen molar-refractivity contribution in [1.29, 1.82) is 0 Å².